The second-order valence-corrected chi connectivity index (χ2v) is 3.41. The largest absolute Gasteiger partial charge is 0.465 e. The minimum Gasteiger partial charge on any atom is -0.465 e. The highest BCUT2D eigenvalue weighted by molar-refractivity contribution is 5.93. The van der Waals surface area contributed by atoms with Crippen LogP contribution in [0.4, 0.5) is 22.0 Å². The number of hydrogen-bond donors (Lipinski definition) is 1. The summed E-state index contributed by atoms with van der Waals surface area (Å²) in [5.41, 5.74) is 0.506. The van der Waals surface area contributed by atoms with Gasteiger partial charge in [-0.3, -0.25) is 4.98 Å². The van der Waals surface area contributed by atoms with Crippen molar-refractivity contribution in [1.29, 1.82) is 0 Å². The van der Waals surface area contributed by atoms with Crippen LogP contribution in [-0.4, -0.2) is 18.1 Å². The van der Waals surface area contributed by atoms with Crippen molar-refractivity contribution in [3.8, 4) is 0 Å². The van der Waals surface area contributed by atoms with Crippen LogP contribution in [0.3, 0.4) is 0 Å². The van der Waals surface area contributed by atoms with Crippen LogP contribution in [0.15, 0.2) is 6.20 Å². The molecule has 0 saturated carbocycles. The van der Waals surface area contributed by atoms with Gasteiger partial charge in [-0.25, -0.2) is 13.6 Å². The van der Waals surface area contributed by atoms with Crippen LogP contribution in [0.2, 0.25) is 0 Å². The molecular weight excluding hydrogens is 275 g/mol. The number of rotatable bonds is 3. The van der Waals surface area contributed by atoms with Crippen molar-refractivity contribution in [2.45, 2.75) is 19.1 Å². The highest BCUT2D eigenvalue weighted by atomic mass is 19.4. The Morgan fingerprint density at radius 3 is 2.42 bits per heavy atom. The number of hydrogen-bond acceptors (Lipinski definition) is 4. The molecule has 0 radical (unpaired) electrons. The molecule has 9 heteroatoms. The van der Waals surface area contributed by atoms with E-state index in [4.69, 9.17) is 5.73 Å². The van der Waals surface area contributed by atoms with E-state index in [1.807, 2.05) is 0 Å². The summed E-state index contributed by atoms with van der Waals surface area (Å²) < 4.78 is 68.0. The van der Waals surface area contributed by atoms with E-state index < -0.39 is 41.9 Å². The van der Waals surface area contributed by atoms with Crippen molar-refractivity contribution in [2.24, 2.45) is 5.73 Å². The molecule has 0 saturated heterocycles. The lowest BCUT2D eigenvalue weighted by atomic mass is 10.0. The van der Waals surface area contributed by atoms with Crippen molar-refractivity contribution in [1.82, 2.24) is 4.98 Å². The maximum atomic E-state index is 12.9. The zero-order chi connectivity index (χ0) is 14.8. The fourth-order valence-corrected chi connectivity index (χ4v) is 1.51. The standard InChI is InChI=1S/C10H9F5N2O2/c1-19-9(18)5-4(2-16)3-17-7(8(11)12)6(5)10(13,14)15/h3,8H,2,16H2,1H3. The molecule has 1 aromatic rings. The first kappa shape index (κ1) is 15.3. The van der Waals surface area contributed by atoms with Gasteiger partial charge in [-0.1, -0.05) is 0 Å². The van der Waals surface area contributed by atoms with Gasteiger partial charge in [-0.05, 0) is 5.56 Å². The normalized spacial score (nSPS) is 11.8. The highest BCUT2D eigenvalue weighted by Gasteiger charge is 2.42. The van der Waals surface area contributed by atoms with E-state index in [9.17, 15) is 26.7 Å². The molecule has 0 bridgehead atoms. The summed E-state index contributed by atoms with van der Waals surface area (Å²) in [6, 6.07) is 0. The summed E-state index contributed by atoms with van der Waals surface area (Å²) in [5.74, 6) is -1.39. The molecule has 0 amide bonds. The van der Waals surface area contributed by atoms with Gasteiger partial charge in [0.05, 0.1) is 18.2 Å². The van der Waals surface area contributed by atoms with Crippen LogP contribution in [0.1, 0.15) is 33.6 Å². The maximum absolute atomic E-state index is 12.9. The highest BCUT2D eigenvalue weighted by Crippen LogP contribution is 2.38. The molecule has 2 N–H and O–H groups in total. The number of carbonyl (C=O) groups excluding carboxylic acids is 1. The van der Waals surface area contributed by atoms with E-state index in [0.29, 0.717) is 6.20 Å². The molecule has 1 aromatic heterocycles. The van der Waals surface area contributed by atoms with Gasteiger partial charge >= 0.3 is 12.1 Å². The quantitative estimate of drug-likeness (QED) is 0.683. The topological polar surface area (TPSA) is 65.2 Å². The first-order chi connectivity index (χ1) is 8.73. The first-order valence-electron chi connectivity index (χ1n) is 4.89. The van der Waals surface area contributed by atoms with E-state index in [-0.39, 0.29) is 5.56 Å². The Morgan fingerprint density at radius 2 is 2.05 bits per heavy atom. The number of alkyl halides is 5. The van der Waals surface area contributed by atoms with Crippen LogP contribution in [0.5, 0.6) is 0 Å². The van der Waals surface area contributed by atoms with Crippen LogP contribution in [0, 0.1) is 0 Å². The second-order valence-electron chi connectivity index (χ2n) is 3.41. The Balaban J connectivity index is 3.71. The van der Waals surface area contributed by atoms with Gasteiger partial charge < -0.3 is 10.5 Å². The summed E-state index contributed by atoms with van der Waals surface area (Å²) >= 11 is 0. The van der Waals surface area contributed by atoms with Crippen LogP contribution in [-0.2, 0) is 17.5 Å². The van der Waals surface area contributed by atoms with Crippen molar-refractivity contribution < 1.29 is 31.5 Å². The minimum absolute atomic E-state index is 0.316. The van der Waals surface area contributed by atoms with Gasteiger partial charge in [0.1, 0.15) is 5.69 Å². The Kier molecular flexibility index (Phi) is 4.40. The van der Waals surface area contributed by atoms with E-state index in [2.05, 4.69) is 9.72 Å². The number of nitrogens with two attached hydrogens (primary N) is 1. The lowest BCUT2D eigenvalue weighted by Crippen LogP contribution is -2.22. The molecule has 0 atom stereocenters. The fourth-order valence-electron chi connectivity index (χ4n) is 1.51. The number of halogens is 5. The van der Waals surface area contributed by atoms with Gasteiger partial charge in [-0.15, -0.1) is 0 Å². The lowest BCUT2D eigenvalue weighted by molar-refractivity contribution is -0.140. The average Bonchev–Trinajstić information content (AvgIpc) is 2.34. The molecule has 0 aliphatic carbocycles. The van der Waals surface area contributed by atoms with Crippen LogP contribution < -0.4 is 5.73 Å². The van der Waals surface area contributed by atoms with E-state index >= 15 is 0 Å². The van der Waals surface area contributed by atoms with Gasteiger partial charge in [0, 0.05) is 12.7 Å². The molecule has 4 nitrogen and oxygen atoms in total. The molecule has 0 spiro atoms. The van der Waals surface area contributed by atoms with Crippen molar-refractivity contribution >= 4 is 5.97 Å². The third kappa shape index (κ3) is 2.98. The third-order valence-corrected chi connectivity index (χ3v) is 2.29. The predicted octanol–water partition coefficient (Wildman–Crippen LogP) is 2.28. The summed E-state index contributed by atoms with van der Waals surface area (Å²) in [5, 5.41) is 0. The Bertz CT molecular complexity index is 488. The summed E-state index contributed by atoms with van der Waals surface area (Å²) in [6.45, 7) is -0.468. The van der Waals surface area contributed by atoms with Crippen molar-refractivity contribution in [2.75, 3.05) is 7.11 Å². The Hall–Kier alpha value is -1.77. The van der Waals surface area contributed by atoms with Gasteiger partial charge in [-0.2, -0.15) is 13.2 Å². The van der Waals surface area contributed by atoms with Gasteiger partial charge in [0.25, 0.3) is 6.43 Å². The van der Waals surface area contributed by atoms with Crippen LogP contribution in [0.25, 0.3) is 0 Å². The number of ether oxygens (including phenoxy) is 1. The first-order valence-corrected chi connectivity index (χ1v) is 4.89. The molecule has 0 fully saturated rings. The molecule has 106 valence electrons. The SMILES string of the molecule is COC(=O)c1c(CN)cnc(C(F)F)c1C(F)(F)F. The molecule has 0 aromatic carbocycles. The number of aromatic nitrogens is 1. The fraction of sp³-hybridized carbons (Fsp3) is 0.400. The molecule has 19 heavy (non-hydrogen) atoms. The number of nitrogens with zero attached hydrogens (tertiary/aromatic N) is 1. The molecule has 1 rings (SSSR count). The summed E-state index contributed by atoms with van der Waals surface area (Å²) in [4.78, 5) is 14.4. The number of methoxy groups -OCH3 is 1. The van der Waals surface area contributed by atoms with Crippen molar-refractivity contribution in [3.63, 3.8) is 0 Å². The molecule has 1 heterocycles. The second kappa shape index (κ2) is 5.47. The summed E-state index contributed by atoms with van der Waals surface area (Å²) in [6.07, 6.45) is -7.94. The molecule has 0 aliphatic rings. The zero-order valence-corrected chi connectivity index (χ0v) is 9.59. The van der Waals surface area contributed by atoms with E-state index in [0.717, 1.165) is 7.11 Å². The Morgan fingerprint density at radius 1 is 1.47 bits per heavy atom. The zero-order valence-electron chi connectivity index (χ0n) is 9.59. The number of pyridine rings is 1. The molecule has 0 aliphatic heterocycles. The average molecular weight is 284 g/mol. The smallest absolute Gasteiger partial charge is 0.419 e. The molecule has 0 unspecified atom stereocenters. The van der Waals surface area contributed by atoms with Gasteiger partial charge in [0.2, 0.25) is 0 Å². The lowest BCUT2D eigenvalue weighted by Gasteiger charge is -2.17. The van der Waals surface area contributed by atoms with Crippen LogP contribution >= 0.6 is 0 Å². The number of carbonyl (C=O) groups is 1. The van der Waals surface area contributed by atoms with E-state index in [1.165, 1.54) is 0 Å². The summed E-state index contributed by atoms with van der Waals surface area (Å²) in [7, 11) is 0.839. The minimum atomic E-state index is -5.17. The Labute approximate surface area is 104 Å². The molecular formula is C10H9F5N2O2. The number of esters is 1. The monoisotopic (exact) mass is 284 g/mol. The van der Waals surface area contributed by atoms with E-state index in [1.54, 1.807) is 0 Å². The third-order valence-electron chi connectivity index (χ3n) is 2.29. The predicted molar refractivity (Wildman–Crippen MR) is 53.4 cm³/mol. The van der Waals surface area contributed by atoms with Crippen molar-refractivity contribution in [3.05, 3.63) is 28.6 Å². The van der Waals surface area contributed by atoms with Gasteiger partial charge in [0.15, 0.2) is 0 Å². The maximum Gasteiger partial charge on any atom is 0.419 e.